The first kappa shape index (κ1) is 13.7. The van der Waals surface area contributed by atoms with E-state index in [1.807, 2.05) is 0 Å². The van der Waals surface area contributed by atoms with E-state index in [1.165, 1.54) is 12.4 Å². The zero-order valence-electron chi connectivity index (χ0n) is 10.9. The van der Waals surface area contributed by atoms with Crippen LogP contribution in [0, 0.1) is 13.8 Å². The third-order valence-electron chi connectivity index (χ3n) is 2.22. The average molecular weight is 276 g/mol. The Labute approximate surface area is 114 Å². The van der Waals surface area contributed by atoms with E-state index in [-0.39, 0.29) is 11.5 Å². The zero-order chi connectivity index (χ0) is 14.5. The predicted octanol–water partition coefficient (Wildman–Crippen LogP) is 0.877. The second kappa shape index (κ2) is 5.91. The molecule has 8 heteroatoms. The maximum Gasteiger partial charge on any atom is 0.359 e. The molecule has 0 unspecified atom stereocenters. The molecule has 0 aliphatic carbocycles. The van der Waals surface area contributed by atoms with Crippen molar-refractivity contribution in [3.8, 4) is 0 Å². The number of nitrogens with one attached hydrogen (secondary N) is 1. The van der Waals surface area contributed by atoms with Crippen LogP contribution in [0.25, 0.3) is 0 Å². The summed E-state index contributed by atoms with van der Waals surface area (Å²) in [5, 5.41) is 6.00. The molecule has 0 saturated heterocycles. The first-order valence-electron chi connectivity index (χ1n) is 5.73. The molecule has 2 heterocycles. The van der Waals surface area contributed by atoms with Crippen LogP contribution >= 0.6 is 0 Å². The minimum absolute atomic E-state index is 0.0423. The Morgan fingerprint density at radius 2 is 2.10 bits per heavy atom. The van der Waals surface area contributed by atoms with Gasteiger partial charge in [-0.3, -0.25) is 9.78 Å². The monoisotopic (exact) mass is 276 g/mol. The third kappa shape index (κ3) is 3.61. The number of carbonyl (C=O) groups is 2. The van der Waals surface area contributed by atoms with Crippen molar-refractivity contribution >= 4 is 17.7 Å². The first-order chi connectivity index (χ1) is 9.54. The predicted molar refractivity (Wildman–Crippen MR) is 66.9 cm³/mol. The van der Waals surface area contributed by atoms with E-state index in [2.05, 4.69) is 20.4 Å². The standard InChI is InChI=1S/C12H12N4O4/c1-7-4-14-9(5-13-7)12(18)19-6-11(17)15-10-3-8(2)20-16-10/h3-5H,6H2,1-2H3,(H,15,16,17). The fourth-order valence-electron chi connectivity index (χ4n) is 1.31. The first-order valence-corrected chi connectivity index (χ1v) is 5.73. The van der Waals surface area contributed by atoms with Crippen LogP contribution < -0.4 is 5.32 Å². The smallest absolute Gasteiger partial charge is 0.359 e. The van der Waals surface area contributed by atoms with Gasteiger partial charge in [-0.05, 0) is 13.8 Å². The van der Waals surface area contributed by atoms with Gasteiger partial charge in [0.2, 0.25) is 0 Å². The summed E-state index contributed by atoms with van der Waals surface area (Å²) in [7, 11) is 0. The van der Waals surface area contributed by atoms with Gasteiger partial charge in [-0.15, -0.1) is 0 Å². The summed E-state index contributed by atoms with van der Waals surface area (Å²) in [6.07, 6.45) is 2.73. The number of rotatable bonds is 4. The fourth-order valence-corrected chi connectivity index (χ4v) is 1.31. The number of aryl methyl sites for hydroxylation is 2. The second-order valence-corrected chi connectivity index (χ2v) is 3.99. The Balaban J connectivity index is 1.84. The van der Waals surface area contributed by atoms with Crippen molar-refractivity contribution in [3.05, 3.63) is 35.6 Å². The molecule has 1 N–H and O–H groups in total. The lowest BCUT2D eigenvalue weighted by molar-refractivity contribution is -0.119. The summed E-state index contributed by atoms with van der Waals surface area (Å²) in [5.74, 6) is -0.415. The van der Waals surface area contributed by atoms with Gasteiger partial charge >= 0.3 is 5.97 Å². The highest BCUT2D eigenvalue weighted by Crippen LogP contribution is 2.06. The van der Waals surface area contributed by atoms with Crippen LogP contribution in [0.4, 0.5) is 5.82 Å². The summed E-state index contributed by atoms with van der Waals surface area (Å²) in [6.45, 7) is 2.99. The number of esters is 1. The van der Waals surface area contributed by atoms with Gasteiger partial charge < -0.3 is 14.6 Å². The van der Waals surface area contributed by atoms with Gasteiger partial charge in [-0.1, -0.05) is 5.16 Å². The Bertz CT molecular complexity index is 621. The fraction of sp³-hybridized carbons (Fsp3) is 0.250. The highest BCUT2D eigenvalue weighted by atomic mass is 16.5. The Morgan fingerprint density at radius 3 is 2.70 bits per heavy atom. The SMILES string of the molecule is Cc1cnc(C(=O)OCC(=O)Nc2cc(C)on2)cn1. The molecule has 2 aromatic heterocycles. The molecular formula is C12H12N4O4. The Morgan fingerprint density at radius 1 is 1.30 bits per heavy atom. The molecule has 2 rings (SSSR count). The van der Waals surface area contributed by atoms with Gasteiger partial charge in [0.1, 0.15) is 5.76 Å². The number of carbonyl (C=O) groups excluding carboxylic acids is 2. The summed E-state index contributed by atoms with van der Waals surface area (Å²) >= 11 is 0. The Kier molecular flexibility index (Phi) is 4.04. The van der Waals surface area contributed by atoms with Crippen LogP contribution in [0.15, 0.2) is 23.0 Å². The van der Waals surface area contributed by atoms with Crippen molar-refractivity contribution in [2.45, 2.75) is 13.8 Å². The topological polar surface area (TPSA) is 107 Å². The van der Waals surface area contributed by atoms with E-state index >= 15 is 0 Å². The molecule has 2 aromatic rings. The van der Waals surface area contributed by atoms with Crippen molar-refractivity contribution in [1.82, 2.24) is 15.1 Å². The van der Waals surface area contributed by atoms with Crippen molar-refractivity contribution in [1.29, 1.82) is 0 Å². The largest absolute Gasteiger partial charge is 0.451 e. The van der Waals surface area contributed by atoms with Crippen molar-refractivity contribution in [3.63, 3.8) is 0 Å². The molecule has 0 aliphatic rings. The maximum atomic E-state index is 11.6. The summed E-state index contributed by atoms with van der Waals surface area (Å²) in [5.41, 5.74) is 0.723. The number of hydrogen-bond donors (Lipinski definition) is 1. The van der Waals surface area contributed by atoms with Crippen LogP contribution in [0.3, 0.4) is 0 Å². The molecule has 0 fully saturated rings. The Hall–Kier alpha value is -2.77. The number of nitrogens with zero attached hydrogens (tertiary/aromatic N) is 3. The third-order valence-corrected chi connectivity index (χ3v) is 2.22. The summed E-state index contributed by atoms with van der Waals surface area (Å²) in [4.78, 5) is 30.8. The van der Waals surface area contributed by atoms with Crippen molar-refractivity contribution < 1.29 is 18.8 Å². The number of ether oxygens (including phenoxy) is 1. The van der Waals surface area contributed by atoms with E-state index in [0.717, 1.165) is 0 Å². The summed E-state index contributed by atoms with van der Waals surface area (Å²) < 4.78 is 9.58. The molecule has 0 radical (unpaired) electrons. The van der Waals surface area contributed by atoms with Crippen LogP contribution in [0.5, 0.6) is 0 Å². The van der Waals surface area contributed by atoms with E-state index in [9.17, 15) is 9.59 Å². The summed E-state index contributed by atoms with van der Waals surface area (Å²) in [6, 6.07) is 1.55. The average Bonchev–Trinajstić information content (AvgIpc) is 2.82. The molecule has 8 nitrogen and oxygen atoms in total. The molecule has 20 heavy (non-hydrogen) atoms. The minimum Gasteiger partial charge on any atom is -0.451 e. The van der Waals surface area contributed by atoms with Crippen molar-refractivity contribution in [2.24, 2.45) is 0 Å². The molecule has 0 bridgehead atoms. The molecule has 0 aromatic carbocycles. The molecule has 0 atom stereocenters. The number of anilines is 1. The lowest BCUT2D eigenvalue weighted by Crippen LogP contribution is -2.21. The quantitative estimate of drug-likeness (QED) is 0.825. The van der Waals surface area contributed by atoms with Crippen LogP contribution in [0.1, 0.15) is 21.9 Å². The number of amides is 1. The molecule has 0 saturated carbocycles. The van der Waals surface area contributed by atoms with Crippen LogP contribution in [-0.2, 0) is 9.53 Å². The minimum atomic E-state index is -0.719. The molecular weight excluding hydrogens is 264 g/mol. The second-order valence-electron chi connectivity index (χ2n) is 3.99. The van der Waals surface area contributed by atoms with Crippen molar-refractivity contribution in [2.75, 3.05) is 11.9 Å². The highest BCUT2D eigenvalue weighted by Gasteiger charge is 2.13. The van der Waals surface area contributed by atoms with Crippen LogP contribution in [-0.4, -0.2) is 33.6 Å². The number of hydrogen-bond acceptors (Lipinski definition) is 7. The van der Waals surface area contributed by atoms with E-state index in [0.29, 0.717) is 11.5 Å². The molecule has 0 aliphatic heterocycles. The lowest BCUT2D eigenvalue weighted by atomic mass is 10.4. The van der Waals surface area contributed by atoms with Gasteiger partial charge in [0.15, 0.2) is 18.1 Å². The highest BCUT2D eigenvalue weighted by molar-refractivity contribution is 5.94. The van der Waals surface area contributed by atoms with Gasteiger partial charge in [0.05, 0.1) is 11.9 Å². The van der Waals surface area contributed by atoms with E-state index < -0.39 is 18.5 Å². The van der Waals surface area contributed by atoms with Gasteiger partial charge in [0.25, 0.3) is 5.91 Å². The molecule has 1 amide bonds. The number of aromatic nitrogens is 3. The van der Waals surface area contributed by atoms with Gasteiger partial charge in [0, 0.05) is 12.3 Å². The van der Waals surface area contributed by atoms with Gasteiger partial charge in [-0.2, -0.15) is 0 Å². The van der Waals surface area contributed by atoms with E-state index in [1.54, 1.807) is 19.9 Å². The zero-order valence-corrected chi connectivity index (χ0v) is 10.9. The molecule has 0 spiro atoms. The van der Waals surface area contributed by atoms with E-state index in [4.69, 9.17) is 9.26 Å². The van der Waals surface area contributed by atoms with Crippen LogP contribution in [0.2, 0.25) is 0 Å². The normalized spacial score (nSPS) is 10.1. The lowest BCUT2D eigenvalue weighted by Gasteiger charge is -2.03. The molecule has 104 valence electrons. The maximum absolute atomic E-state index is 11.6. The van der Waals surface area contributed by atoms with Gasteiger partial charge in [-0.25, -0.2) is 9.78 Å².